The number of nitrogens with one attached hydrogen (secondary N) is 1. The normalized spacial score (nSPS) is 10.3. The van der Waals surface area contributed by atoms with Crippen molar-refractivity contribution in [3.05, 3.63) is 35.5 Å². The van der Waals surface area contributed by atoms with E-state index < -0.39 is 0 Å². The molecule has 0 atom stereocenters. The summed E-state index contributed by atoms with van der Waals surface area (Å²) >= 11 is 0. The molecule has 0 bridgehead atoms. The Kier molecular flexibility index (Phi) is 4.00. The van der Waals surface area contributed by atoms with E-state index in [1.807, 2.05) is 26.1 Å². The van der Waals surface area contributed by atoms with Gasteiger partial charge in [0.2, 0.25) is 5.95 Å². The zero-order chi connectivity index (χ0) is 13.8. The first kappa shape index (κ1) is 13.3. The van der Waals surface area contributed by atoms with Gasteiger partial charge in [0, 0.05) is 18.3 Å². The van der Waals surface area contributed by atoms with Gasteiger partial charge in [0.1, 0.15) is 5.75 Å². The van der Waals surface area contributed by atoms with Gasteiger partial charge in [0.25, 0.3) is 0 Å². The molecule has 4 heteroatoms. The van der Waals surface area contributed by atoms with Gasteiger partial charge in [0.15, 0.2) is 0 Å². The van der Waals surface area contributed by atoms with Crippen LogP contribution in [0.1, 0.15) is 18.2 Å². The van der Waals surface area contributed by atoms with Crippen LogP contribution in [0, 0.1) is 6.92 Å². The van der Waals surface area contributed by atoms with Crippen LogP contribution >= 0.6 is 0 Å². The highest BCUT2D eigenvalue weighted by Gasteiger charge is 2.10. The lowest BCUT2D eigenvalue weighted by Gasteiger charge is -2.11. The van der Waals surface area contributed by atoms with E-state index in [0.717, 1.165) is 29.1 Å². The Labute approximate surface area is 113 Å². The maximum Gasteiger partial charge on any atom is 0.223 e. The van der Waals surface area contributed by atoms with Gasteiger partial charge in [-0.2, -0.15) is 0 Å². The van der Waals surface area contributed by atoms with Crippen molar-refractivity contribution in [2.75, 3.05) is 19.5 Å². The zero-order valence-electron chi connectivity index (χ0n) is 11.8. The van der Waals surface area contributed by atoms with E-state index in [2.05, 4.69) is 34.3 Å². The van der Waals surface area contributed by atoms with Gasteiger partial charge in [-0.05, 0) is 37.1 Å². The van der Waals surface area contributed by atoms with Crippen molar-refractivity contribution in [2.45, 2.75) is 20.3 Å². The molecule has 0 aliphatic carbocycles. The monoisotopic (exact) mass is 257 g/mol. The van der Waals surface area contributed by atoms with E-state index in [1.54, 1.807) is 7.11 Å². The van der Waals surface area contributed by atoms with E-state index >= 15 is 0 Å². The van der Waals surface area contributed by atoms with Crippen LogP contribution in [0.3, 0.4) is 0 Å². The Morgan fingerprint density at radius 1 is 1.21 bits per heavy atom. The predicted octanol–water partition coefficient (Wildman–Crippen LogP) is 3.06. The first-order valence-corrected chi connectivity index (χ1v) is 6.38. The maximum absolute atomic E-state index is 5.43. The topological polar surface area (TPSA) is 47.0 Å². The second-order valence-corrected chi connectivity index (χ2v) is 4.36. The third-order valence-electron chi connectivity index (χ3n) is 3.03. The van der Waals surface area contributed by atoms with Crippen LogP contribution in [0.4, 0.5) is 5.95 Å². The van der Waals surface area contributed by atoms with Gasteiger partial charge >= 0.3 is 0 Å². The van der Waals surface area contributed by atoms with Crippen LogP contribution in [-0.2, 0) is 6.42 Å². The van der Waals surface area contributed by atoms with E-state index in [4.69, 9.17) is 4.74 Å². The third-order valence-corrected chi connectivity index (χ3v) is 3.03. The zero-order valence-corrected chi connectivity index (χ0v) is 11.8. The molecule has 4 nitrogen and oxygen atoms in total. The Hall–Kier alpha value is -2.10. The molecule has 0 saturated heterocycles. The Morgan fingerprint density at radius 3 is 2.63 bits per heavy atom. The molecule has 0 aliphatic rings. The van der Waals surface area contributed by atoms with E-state index in [1.165, 1.54) is 5.56 Å². The number of hydrogen-bond donors (Lipinski definition) is 1. The fraction of sp³-hybridized carbons (Fsp3) is 0.333. The fourth-order valence-electron chi connectivity index (χ4n) is 1.99. The average Bonchev–Trinajstić information content (AvgIpc) is 2.45. The van der Waals surface area contributed by atoms with E-state index in [0.29, 0.717) is 5.95 Å². The number of aromatic nitrogens is 2. The molecule has 100 valence electrons. The summed E-state index contributed by atoms with van der Waals surface area (Å²) in [6, 6.07) is 8.16. The molecule has 0 radical (unpaired) electrons. The summed E-state index contributed by atoms with van der Waals surface area (Å²) in [5.74, 6) is 1.45. The van der Waals surface area contributed by atoms with Crippen molar-refractivity contribution in [3.8, 4) is 17.0 Å². The number of hydrogen-bond acceptors (Lipinski definition) is 4. The molecule has 0 amide bonds. The Balaban J connectivity index is 2.59. The number of benzene rings is 1. The van der Waals surface area contributed by atoms with Crippen molar-refractivity contribution in [1.29, 1.82) is 0 Å². The minimum absolute atomic E-state index is 0.624. The van der Waals surface area contributed by atoms with Crippen LogP contribution in [0.25, 0.3) is 11.3 Å². The number of anilines is 1. The van der Waals surface area contributed by atoms with Crippen molar-refractivity contribution >= 4 is 5.95 Å². The molecule has 2 rings (SSSR count). The van der Waals surface area contributed by atoms with Gasteiger partial charge in [-0.25, -0.2) is 9.97 Å². The molecule has 0 spiro atoms. The fourth-order valence-corrected chi connectivity index (χ4v) is 1.99. The lowest BCUT2D eigenvalue weighted by Crippen LogP contribution is -2.00. The molecule has 0 saturated carbocycles. The number of rotatable bonds is 4. The van der Waals surface area contributed by atoms with Gasteiger partial charge in [-0.15, -0.1) is 0 Å². The molecule has 19 heavy (non-hydrogen) atoms. The quantitative estimate of drug-likeness (QED) is 0.914. The van der Waals surface area contributed by atoms with Gasteiger partial charge in [0.05, 0.1) is 12.8 Å². The summed E-state index contributed by atoms with van der Waals surface area (Å²) in [7, 11) is 3.50. The molecule has 1 N–H and O–H groups in total. The highest BCUT2D eigenvalue weighted by Crippen LogP contribution is 2.30. The van der Waals surface area contributed by atoms with Crippen molar-refractivity contribution < 1.29 is 4.74 Å². The van der Waals surface area contributed by atoms with Crippen LogP contribution in [0.5, 0.6) is 5.75 Å². The molecular weight excluding hydrogens is 238 g/mol. The molecular formula is C15H19N3O. The maximum atomic E-state index is 5.43. The van der Waals surface area contributed by atoms with E-state index in [-0.39, 0.29) is 0 Å². The van der Waals surface area contributed by atoms with Crippen molar-refractivity contribution in [3.63, 3.8) is 0 Å². The first-order valence-electron chi connectivity index (χ1n) is 6.38. The second-order valence-electron chi connectivity index (χ2n) is 4.36. The van der Waals surface area contributed by atoms with Crippen LogP contribution in [-0.4, -0.2) is 24.1 Å². The molecule has 1 heterocycles. The highest BCUT2D eigenvalue weighted by molar-refractivity contribution is 5.69. The largest absolute Gasteiger partial charge is 0.496 e. The third kappa shape index (κ3) is 2.84. The van der Waals surface area contributed by atoms with Crippen molar-refractivity contribution in [2.24, 2.45) is 0 Å². The minimum Gasteiger partial charge on any atom is -0.496 e. The summed E-state index contributed by atoms with van der Waals surface area (Å²) in [6.45, 7) is 4.10. The first-order chi connectivity index (χ1) is 9.17. The Bertz CT molecular complexity index is 582. The Morgan fingerprint density at radius 2 is 2.00 bits per heavy atom. The molecule has 0 fully saturated rings. The summed E-state index contributed by atoms with van der Waals surface area (Å²) in [6.07, 6.45) is 0.986. The van der Waals surface area contributed by atoms with Crippen molar-refractivity contribution in [1.82, 2.24) is 9.97 Å². The predicted molar refractivity (Wildman–Crippen MR) is 77.7 cm³/mol. The highest BCUT2D eigenvalue weighted by atomic mass is 16.5. The molecule has 0 unspecified atom stereocenters. The van der Waals surface area contributed by atoms with Gasteiger partial charge in [-0.1, -0.05) is 13.0 Å². The minimum atomic E-state index is 0.624. The second kappa shape index (κ2) is 5.69. The number of aryl methyl sites for hydroxylation is 2. The molecule has 0 aliphatic heterocycles. The lowest BCUT2D eigenvalue weighted by molar-refractivity contribution is 0.416. The molecule has 2 aromatic rings. The smallest absolute Gasteiger partial charge is 0.223 e. The average molecular weight is 257 g/mol. The van der Waals surface area contributed by atoms with Crippen LogP contribution in [0.2, 0.25) is 0 Å². The number of methoxy groups -OCH3 is 1. The SMILES string of the molecule is CCc1ccc(OC)c(-c2cc(C)nc(NC)n2)c1. The molecule has 1 aromatic heterocycles. The van der Waals surface area contributed by atoms with Gasteiger partial charge in [-0.3, -0.25) is 0 Å². The molecule has 1 aromatic carbocycles. The summed E-state index contributed by atoms with van der Waals surface area (Å²) in [4.78, 5) is 8.82. The lowest BCUT2D eigenvalue weighted by atomic mass is 10.0. The standard InChI is InChI=1S/C15H19N3O/c1-5-11-6-7-14(19-4)12(9-11)13-8-10(2)17-15(16-3)18-13/h6-9H,5H2,1-4H3,(H,16,17,18). The number of ether oxygens (including phenoxy) is 1. The van der Waals surface area contributed by atoms with E-state index in [9.17, 15) is 0 Å². The van der Waals surface area contributed by atoms with Crippen LogP contribution < -0.4 is 10.1 Å². The summed E-state index contributed by atoms with van der Waals surface area (Å²) < 4.78 is 5.43. The van der Waals surface area contributed by atoms with Crippen LogP contribution in [0.15, 0.2) is 24.3 Å². The number of nitrogens with zero attached hydrogens (tertiary/aromatic N) is 2. The summed E-state index contributed by atoms with van der Waals surface area (Å²) in [5, 5.41) is 2.98. The summed E-state index contributed by atoms with van der Waals surface area (Å²) in [5.41, 5.74) is 4.07. The van der Waals surface area contributed by atoms with Gasteiger partial charge < -0.3 is 10.1 Å².